The molecule has 0 unspecified atom stereocenters. The molecule has 0 bridgehead atoms. The summed E-state index contributed by atoms with van der Waals surface area (Å²) in [5, 5.41) is 18.2. The van der Waals surface area contributed by atoms with Crippen LogP contribution in [-0.4, -0.2) is 5.11 Å². The van der Waals surface area contributed by atoms with Gasteiger partial charge in [-0.2, -0.15) is 18.4 Å². The highest BCUT2D eigenvalue weighted by atomic mass is 127. The summed E-state index contributed by atoms with van der Waals surface area (Å²) in [4.78, 5) is 0. The smallest absolute Gasteiger partial charge is 0.416 e. The number of halogens is 4. The van der Waals surface area contributed by atoms with Gasteiger partial charge >= 0.3 is 6.18 Å². The Hall–Kier alpha value is -1.75. The first-order valence-corrected chi connectivity index (χ1v) is 6.51. The minimum Gasteiger partial charge on any atom is -0.508 e. The number of phenolic OH excluding ortho intramolecular Hbond substituents is 1. The topological polar surface area (TPSA) is 44.0 Å². The zero-order valence-corrected chi connectivity index (χ0v) is 12.0. The lowest BCUT2D eigenvalue weighted by Gasteiger charge is -2.12. The molecule has 0 aliphatic heterocycles. The molecule has 1 N–H and O–H groups in total. The van der Waals surface area contributed by atoms with Crippen molar-refractivity contribution in [2.75, 3.05) is 0 Å². The number of nitrogens with zero attached hydrogens (tertiary/aromatic N) is 1. The number of hydrogen-bond donors (Lipinski definition) is 1. The molecule has 0 amide bonds. The number of alkyl halides is 3. The van der Waals surface area contributed by atoms with Crippen LogP contribution in [0.2, 0.25) is 0 Å². The maximum atomic E-state index is 12.8. The molecule has 2 aromatic rings. The van der Waals surface area contributed by atoms with Gasteiger partial charge in [0.05, 0.1) is 11.1 Å². The summed E-state index contributed by atoms with van der Waals surface area (Å²) in [5.41, 5.74) is -0.0622. The second kappa shape index (κ2) is 5.32. The van der Waals surface area contributed by atoms with Crippen LogP contribution >= 0.6 is 22.6 Å². The summed E-state index contributed by atoms with van der Waals surface area (Å²) in [5.74, 6) is 0.0243. The molecule has 0 aliphatic rings. The van der Waals surface area contributed by atoms with Crippen LogP contribution in [0.5, 0.6) is 5.75 Å². The third kappa shape index (κ3) is 2.88. The molecule has 6 heteroatoms. The van der Waals surface area contributed by atoms with Crippen LogP contribution < -0.4 is 0 Å². The van der Waals surface area contributed by atoms with Crippen molar-refractivity contribution in [2.45, 2.75) is 6.18 Å². The van der Waals surface area contributed by atoms with Crippen molar-refractivity contribution >= 4 is 22.6 Å². The minimum atomic E-state index is -4.51. The van der Waals surface area contributed by atoms with E-state index in [4.69, 9.17) is 5.26 Å². The van der Waals surface area contributed by atoms with Gasteiger partial charge < -0.3 is 5.11 Å². The molecule has 0 saturated heterocycles. The Morgan fingerprint density at radius 3 is 2.20 bits per heavy atom. The second-order valence-electron chi connectivity index (χ2n) is 4.04. The molecule has 0 aromatic heterocycles. The van der Waals surface area contributed by atoms with E-state index in [1.54, 1.807) is 6.07 Å². The van der Waals surface area contributed by atoms with E-state index < -0.39 is 11.7 Å². The Bertz CT molecular complexity index is 687. The quantitative estimate of drug-likeness (QED) is 0.728. The van der Waals surface area contributed by atoms with Gasteiger partial charge in [0.2, 0.25) is 0 Å². The van der Waals surface area contributed by atoms with Crippen molar-refractivity contribution in [1.82, 2.24) is 0 Å². The fourth-order valence-corrected chi connectivity index (χ4v) is 2.46. The van der Waals surface area contributed by atoms with Gasteiger partial charge in [-0.15, -0.1) is 0 Å². The van der Waals surface area contributed by atoms with Crippen molar-refractivity contribution in [3.63, 3.8) is 0 Å². The van der Waals surface area contributed by atoms with Crippen LogP contribution in [0.15, 0.2) is 36.4 Å². The Morgan fingerprint density at radius 1 is 1.10 bits per heavy atom. The predicted molar refractivity (Wildman–Crippen MR) is 76.0 cm³/mol. The van der Waals surface area contributed by atoms with E-state index in [1.165, 1.54) is 24.3 Å². The minimum absolute atomic E-state index is 0.0243. The first-order chi connectivity index (χ1) is 9.32. The first kappa shape index (κ1) is 14.7. The van der Waals surface area contributed by atoms with Crippen LogP contribution in [0.25, 0.3) is 11.1 Å². The Labute approximate surface area is 126 Å². The third-order valence-corrected chi connectivity index (χ3v) is 3.86. The van der Waals surface area contributed by atoms with Crippen LogP contribution in [-0.2, 0) is 6.18 Å². The average Bonchev–Trinajstić information content (AvgIpc) is 2.39. The monoisotopic (exact) mass is 389 g/mol. The maximum Gasteiger partial charge on any atom is 0.416 e. The van der Waals surface area contributed by atoms with Crippen LogP contribution in [0, 0.1) is 14.9 Å². The van der Waals surface area contributed by atoms with Crippen molar-refractivity contribution in [3.05, 3.63) is 51.1 Å². The van der Waals surface area contributed by atoms with E-state index in [-0.39, 0.29) is 11.3 Å². The van der Waals surface area contributed by atoms with E-state index in [0.717, 1.165) is 12.1 Å². The lowest BCUT2D eigenvalue weighted by Crippen LogP contribution is -2.06. The van der Waals surface area contributed by atoms with Gasteiger partial charge in [0.25, 0.3) is 0 Å². The molecular weight excluding hydrogens is 382 g/mol. The van der Waals surface area contributed by atoms with Gasteiger partial charge in [0.15, 0.2) is 0 Å². The van der Waals surface area contributed by atoms with E-state index in [0.29, 0.717) is 14.7 Å². The molecule has 0 heterocycles. The van der Waals surface area contributed by atoms with E-state index in [1.807, 2.05) is 22.6 Å². The third-order valence-electron chi connectivity index (χ3n) is 2.70. The highest BCUT2D eigenvalue weighted by Crippen LogP contribution is 2.36. The fourth-order valence-electron chi connectivity index (χ4n) is 1.72. The molecular formula is C14H7F3INO. The standard InChI is InChI=1S/C14H7F3INO/c15-14(16,17)10-5-9(7-19)13(18)12(6-10)8-1-3-11(20)4-2-8/h1-6,20H. The van der Waals surface area contributed by atoms with Gasteiger partial charge in [0.1, 0.15) is 11.8 Å². The van der Waals surface area contributed by atoms with Gasteiger partial charge in [-0.25, -0.2) is 0 Å². The highest BCUT2D eigenvalue weighted by Gasteiger charge is 2.32. The normalized spacial score (nSPS) is 11.2. The average molecular weight is 389 g/mol. The number of rotatable bonds is 1. The summed E-state index contributed by atoms with van der Waals surface area (Å²) in [7, 11) is 0. The zero-order valence-electron chi connectivity index (χ0n) is 9.87. The maximum absolute atomic E-state index is 12.8. The van der Waals surface area contributed by atoms with Crippen LogP contribution in [0.1, 0.15) is 11.1 Å². The van der Waals surface area contributed by atoms with Crippen LogP contribution in [0.4, 0.5) is 13.2 Å². The highest BCUT2D eigenvalue weighted by molar-refractivity contribution is 14.1. The molecule has 0 radical (unpaired) electrons. The van der Waals surface area contributed by atoms with Crippen molar-refractivity contribution in [2.24, 2.45) is 0 Å². The second-order valence-corrected chi connectivity index (χ2v) is 5.12. The van der Waals surface area contributed by atoms with Gasteiger partial charge in [0, 0.05) is 3.57 Å². The Morgan fingerprint density at radius 2 is 1.70 bits per heavy atom. The summed E-state index contributed by atoms with van der Waals surface area (Å²) in [6.45, 7) is 0. The van der Waals surface area contributed by atoms with E-state index >= 15 is 0 Å². The van der Waals surface area contributed by atoms with Crippen LogP contribution in [0.3, 0.4) is 0 Å². The number of aromatic hydroxyl groups is 1. The largest absolute Gasteiger partial charge is 0.508 e. The molecule has 2 aromatic carbocycles. The van der Waals surface area contributed by atoms with Gasteiger partial charge in [-0.05, 0) is 58.0 Å². The number of nitriles is 1. The van der Waals surface area contributed by atoms with Crippen molar-refractivity contribution in [3.8, 4) is 22.9 Å². The number of phenols is 1. The molecule has 0 atom stereocenters. The predicted octanol–water partition coefficient (Wildman–Crippen LogP) is 4.55. The molecule has 0 saturated carbocycles. The lowest BCUT2D eigenvalue weighted by atomic mass is 10.00. The van der Waals surface area contributed by atoms with Crippen molar-refractivity contribution < 1.29 is 18.3 Å². The first-order valence-electron chi connectivity index (χ1n) is 5.43. The zero-order chi connectivity index (χ0) is 14.9. The summed E-state index contributed by atoms with van der Waals surface area (Å²) >= 11 is 1.85. The summed E-state index contributed by atoms with van der Waals surface area (Å²) in [6, 6.07) is 9.41. The summed E-state index contributed by atoms with van der Waals surface area (Å²) in [6.07, 6.45) is -4.51. The van der Waals surface area contributed by atoms with Gasteiger partial charge in [-0.1, -0.05) is 12.1 Å². The SMILES string of the molecule is N#Cc1cc(C(F)(F)F)cc(-c2ccc(O)cc2)c1I. The van der Waals surface area contributed by atoms with Crippen molar-refractivity contribution in [1.29, 1.82) is 5.26 Å². The molecule has 102 valence electrons. The summed E-state index contributed by atoms with van der Waals surface area (Å²) < 4.78 is 39.0. The molecule has 0 fully saturated rings. The van der Waals surface area contributed by atoms with E-state index in [9.17, 15) is 18.3 Å². The molecule has 2 rings (SSSR count). The number of hydrogen-bond acceptors (Lipinski definition) is 2. The van der Waals surface area contributed by atoms with E-state index in [2.05, 4.69) is 0 Å². The lowest BCUT2D eigenvalue weighted by molar-refractivity contribution is -0.137. The number of benzene rings is 2. The molecule has 0 aliphatic carbocycles. The Balaban J connectivity index is 2.69. The Kier molecular flexibility index (Phi) is 3.90. The molecule has 20 heavy (non-hydrogen) atoms. The molecule has 2 nitrogen and oxygen atoms in total. The fraction of sp³-hybridized carbons (Fsp3) is 0.0714. The molecule has 0 spiro atoms. The van der Waals surface area contributed by atoms with Gasteiger partial charge in [-0.3, -0.25) is 0 Å².